The summed E-state index contributed by atoms with van der Waals surface area (Å²) in [5.41, 5.74) is 2.55. The average molecular weight is 406 g/mol. The zero-order chi connectivity index (χ0) is 19.4. The van der Waals surface area contributed by atoms with Crippen molar-refractivity contribution in [1.82, 2.24) is 10.3 Å². The lowest BCUT2D eigenvalue weighted by atomic mass is 9.96. The molecule has 1 unspecified atom stereocenters. The molecule has 3 rings (SSSR count). The second-order valence-corrected chi connectivity index (χ2v) is 7.18. The summed E-state index contributed by atoms with van der Waals surface area (Å²) in [6.45, 7) is 1.77. The van der Waals surface area contributed by atoms with Gasteiger partial charge < -0.3 is 10.1 Å². The van der Waals surface area contributed by atoms with Crippen molar-refractivity contribution >= 4 is 34.5 Å². The number of hydrogen-bond acceptors (Lipinski definition) is 6. The first-order chi connectivity index (χ1) is 13.0. The molecule has 1 atom stereocenters. The van der Waals surface area contributed by atoms with E-state index in [2.05, 4.69) is 15.3 Å². The van der Waals surface area contributed by atoms with Crippen molar-refractivity contribution in [3.8, 4) is 0 Å². The van der Waals surface area contributed by atoms with Gasteiger partial charge in [0.25, 0.3) is 0 Å². The van der Waals surface area contributed by atoms with Crippen LogP contribution in [0.25, 0.3) is 0 Å². The number of thioether (sulfide) groups is 1. The van der Waals surface area contributed by atoms with Gasteiger partial charge in [0, 0.05) is 34.4 Å². The van der Waals surface area contributed by atoms with Crippen LogP contribution in [0, 0.1) is 5.82 Å². The van der Waals surface area contributed by atoms with Crippen LogP contribution >= 0.6 is 23.4 Å². The van der Waals surface area contributed by atoms with Gasteiger partial charge in [-0.3, -0.25) is 4.98 Å². The summed E-state index contributed by atoms with van der Waals surface area (Å²) in [7, 11) is 1.31. The minimum absolute atomic E-state index is 0.205. The second-order valence-electron chi connectivity index (χ2n) is 5.81. The average Bonchev–Trinajstić information content (AvgIpc) is 2.66. The van der Waals surface area contributed by atoms with Gasteiger partial charge in [0.15, 0.2) is 5.17 Å². The molecule has 1 N–H and O–H groups in total. The van der Waals surface area contributed by atoms with Gasteiger partial charge in [-0.1, -0.05) is 35.5 Å². The molecule has 27 heavy (non-hydrogen) atoms. The number of methoxy groups -OCH3 is 1. The van der Waals surface area contributed by atoms with Crippen molar-refractivity contribution in [2.45, 2.75) is 18.7 Å². The van der Waals surface area contributed by atoms with Crippen molar-refractivity contribution in [2.24, 2.45) is 4.99 Å². The number of allylic oxidation sites excluding steroid dienone is 1. The zero-order valence-corrected chi connectivity index (χ0v) is 16.3. The molecule has 8 heteroatoms. The number of aliphatic imine (C=N–C) groups is 1. The number of carbonyl (C=O) groups is 1. The predicted molar refractivity (Wildman–Crippen MR) is 105 cm³/mol. The Morgan fingerprint density at radius 2 is 2.22 bits per heavy atom. The zero-order valence-electron chi connectivity index (χ0n) is 14.7. The predicted octanol–water partition coefficient (Wildman–Crippen LogP) is 4.25. The standard InChI is InChI=1S/C19H17ClFN3O2S/c1-11-16(18(25)26-2)17(14-6-5-13(21)8-15(14)20)24-19(23-11)27-10-12-4-3-7-22-9-12/h3-9,17H,10H2,1-2H3,(H,23,24). The third-order valence-electron chi connectivity index (χ3n) is 3.98. The van der Waals surface area contributed by atoms with Crippen molar-refractivity contribution in [1.29, 1.82) is 0 Å². The molecule has 1 aliphatic rings. The molecule has 0 saturated carbocycles. The fourth-order valence-electron chi connectivity index (χ4n) is 2.68. The fourth-order valence-corrected chi connectivity index (χ4v) is 3.83. The summed E-state index contributed by atoms with van der Waals surface area (Å²) in [5, 5.41) is 3.98. The van der Waals surface area contributed by atoms with E-state index in [1.807, 2.05) is 12.1 Å². The van der Waals surface area contributed by atoms with Gasteiger partial charge in [0.2, 0.25) is 0 Å². The number of nitrogens with one attached hydrogen (secondary N) is 1. The van der Waals surface area contributed by atoms with E-state index in [-0.39, 0.29) is 5.02 Å². The molecule has 0 amide bonds. The normalized spacial score (nSPS) is 16.6. The van der Waals surface area contributed by atoms with Crippen LogP contribution in [0.15, 0.2) is 59.0 Å². The maximum Gasteiger partial charge on any atom is 0.338 e. The van der Waals surface area contributed by atoms with E-state index >= 15 is 0 Å². The highest BCUT2D eigenvalue weighted by molar-refractivity contribution is 8.13. The third kappa shape index (κ3) is 4.48. The number of rotatable bonds is 4. The van der Waals surface area contributed by atoms with Crippen molar-refractivity contribution in [3.05, 3.63) is 76.0 Å². The number of ether oxygens (including phenoxy) is 1. The molecule has 0 aliphatic carbocycles. The van der Waals surface area contributed by atoms with Gasteiger partial charge in [-0.15, -0.1) is 0 Å². The van der Waals surface area contributed by atoms with Gasteiger partial charge in [-0.05, 0) is 30.7 Å². The molecule has 1 aromatic heterocycles. The Kier molecular flexibility index (Phi) is 6.13. The van der Waals surface area contributed by atoms with Crippen LogP contribution in [0.5, 0.6) is 0 Å². The Bertz CT molecular complexity index is 918. The van der Waals surface area contributed by atoms with Crippen molar-refractivity contribution in [2.75, 3.05) is 7.11 Å². The lowest BCUT2D eigenvalue weighted by Gasteiger charge is -2.26. The van der Waals surface area contributed by atoms with E-state index in [4.69, 9.17) is 16.3 Å². The van der Waals surface area contributed by atoms with Crippen LogP contribution in [0.2, 0.25) is 5.02 Å². The van der Waals surface area contributed by atoms with E-state index in [9.17, 15) is 9.18 Å². The fraction of sp³-hybridized carbons (Fsp3) is 0.211. The van der Waals surface area contributed by atoms with Crippen molar-refractivity contribution in [3.63, 3.8) is 0 Å². The van der Waals surface area contributed by atoms with Crippen LogP contribution in [0.4, 0.5) is 4.39 Å². The third-order valence-corrected chi connectivity index (χ3v) is 5.26. The minimum atomic E-state index is -0.678. The Morgan fingerprint density at radius 1 is 1.41 bits per heavy atom. The van der Waals surface area contributed by atoms with E-state index in [0.717, 1.165) is 5.56 Å². The molecule has 140 valence electrons. The van der Waals surface area contributed by atoms with E-state index in [1.54, 1.807) is 19.3 Å². The van der Waals surface area contributed by atoms with Crippen LogP contribution < -0.4 is 5.32 Å². The Balaban J connectivity index is 1.93. The van der Waals surface area contributed by atoms with Crippen molar-refractivity contribution < 1.29 is 13.9 Å². The number of aromatic nitrogens is 1. The topological polar surface area (TPSA) is 63.6 Å². The number of carbonyl (C=O) groups excluding carboxylic acids is 1. The first-order valence-corrected chi connectivity index (χ1v) is 9.46. The van der Waals surface area contributed by atoms with E-state index in [0.29, 0.717) is 27.8 Å². The highest BCUT2D eigenvalue weighted by Gasteiger charge is 2.31. The lowest BCUT2D eigenvalue weighted by Crippen LogP contribution is -2.30. The summed E-state index contributed by atoms with van der Waals surface area (Å²) >= 11 is 7.70. The number of amidine groups is 1. The highest BCUT2D eigenvalue weighted by Crippen LogP contribution is 2.36. The molecule has 5 nitrogen and oxygen atoms in total. The second kappa shape index (κ2) is 8.54. The van der Waals surface area contributed by atoms with Gasteiger partial charge in [-0.2, -0.15) is 0 Å². The first-order valence-electron chi connectivity index (χ1n) is 8.10. The van der Waals surface area contributed by atoms with Gasteiger partial charge in [0.05, 0.1) is 12.7 Å². The SMILES string of the molecule is COC(=O)C1=C(C)NC(SCc2cccnc2)=NC1c1ccc(F)cc1Cl. The summed E-state index contributed by atoms with van der Waals surface area (Å²) in [5.74, 6) is -0.302. The van der Waals surface area contributed by atoms with Gasteiger partial charge in [0.1, 0.15) is 11.9 Å². The Hall–Kier alpha value is -2.38. The minimum Gasteiger partial charge on any atom is -0.466 e. The Labute approximate surface area is 165 Å². The largest absolute Gasteiger partial charge is 0.466 e. The molecule has 2 aromatic rings. The summed E-state index contributed by atoms with van der Waals surface area (Å²) < 4.78 is 18.4. The van der Waals surface area contributed by atoms with Crippen LogP contribution in [-0.4, -0.2) is 23.2 Å². The molecule has 0 saturated heterocycles. The number of pyridine rings is 1. The molecule has 0 radical (unpaired) electrons. The number of halogens is 2. The summed E-state index contributed by atoms with van der Waals surface area (Å²) in [6, 6.07) is 7.21. The monoisotopic (exact) mass is 405 g/mol. The highest BCUT2D eigenvalue weighted by atomic mass is 35.5. The molecule has 0 fully saturated rings. The van der Waals surface area contributed by atoms with Crippen LogP contribution in [0.1, 0.15) is 24.1 Å². The molecule has 0 bridgehead atoms. The summed E-state index contributed by atoms with van der Waals surface area (Å²) in [4.78, 5) is 21.0. The Morgan fingerprint density at radius 3 is 2.89 bits per heavy atom. The maximum absolute atomic E-state index is 13.5. The number of benzene rings is 1. The van der Waals surface area contributed by atoms with Gasteiger partial charge >= 0.3 is 5.97 Å². The molecular weight excluding hydrogens is 389 g/mol. The quantitative estimate of drug-likeness (QED) is 0.770. The molecule has 0 spiro atoms. The number of esters is 1. The first kappa shape index (κ1) is 19.4. The number of hydrogen-bond donors (Lipinski definition) is 1. The maximum atomic E-state index is 13.5. The lowest BCUT2D eigenvalue weighted by molar-refractivity contribution is -0.136. The van der Waals surface area contributed by atoms with Crippen LogP contribution in [-0.2, 0) is 15.3 Å². The number of nitrogens with zero attached hydrogens (tertiary/aromatic N) is 2. The smallest absolute Gasteiger partial charge is 0.338 e. The van der Waals surface area contributed by atoms with E-state index < -0.39 is 17.8 Å². The van der Waals surface area contributed by atoms with Crippen LogP contribution in [0.3, 0.4) is 0 Å². The summed E-state index contributed by atoms with van der Waals surface area (Å²) in [6.07, 6.45) is 3.50. The molecule has 2 heterocycles. The molecule has 1 aromatic carbocycles. The van der Waals surface area contributed by atoms with E-state index in [1.165, 1.54) is 37.1 Å². The molecular formula is C19H17ClFN3O2S. The van der Waals surface area contributed by atoms with Gasteiger partial charge in [-0.25, -0.2) is 14.2 Å². The molecule has 1 aliphatic heterocycles.